The third-order valence-electron chi connectivity index (χ3n) is 2.86. The minimum atomic E-state index is -0.970. The number of rotatable bonds is 4. The van der Waals surface area contributed by atoms with Gasteiger partial charge in [0, 0.05) is 27.8 Å². The largest absolute Gasteiger partial charge is 0.348 e. The molecule has 0 unspecified atom stereocenters. The number of aromatic amines is 1. The minimum Gasteiger partial charge on any atom is -0.348 e. The lowest BCUT2D eigenvalue weighted by Gasteiger charge is -2.17. The van der Waals surface area contributed by atoms with Gasteiger partial charge in [-0.25, -0.2) is 4.98 Å². The molecule has 1 atom stereocenters. The number of carbonyl (C=O) groups excluding carboxylic acids is 1. The number of nitrogens with zero attached hydrogens (tertiary/aromatic N) is 1. The molecule has 0 radical (unpaired) electrons. The molecule has 1 aromatic carbocycles. The van der Waals surface area contributed by atoms with Gasteiger partial charge in [0.1, 0.15) is 0 Å². The van der Waals surface area contributed by atoms with E-state index in [1.807, 2.05) is 45.0 Å². The molecule has 0 bridgehead atoms. The van der Waals surface area contributed by atoms with E-state index in [2.05, 4.69) is 15.3 Å². The molecule has 0 spiro atoms. The number of benzene rings is 1. The lowest BCUT2D eigenvalue weighted by Crippen LogP contribution is -2.33. The molecule has 2 aromatic rings. The summed E-state index contributed by atoms with van der Waals surface area (Å²) >= 11 is 0. The molecule has 0 fully saturated rings. The highest BCUT2D eigenvalue weighted by molar-refractivity contribution is 7.86. The second-order valence-corrected chi connectivity index (χ2v) is 7.84. The van der Waals surface area contributed by atoms with Crippen LogP contribution >= 0.6 is 0 Å². The number of carbonyl (C=O) groups is 1. The Morgan fingerprint density at radius 2 is 2.05 bits per heavy atom. The topological polar surface area (TPSA) is 74.8 Å². The second kappa shape index (κ2) is 5.75. The molecule has 0 saturated carbocycles. The number of H-pyrrole nitrogens is 1. The first-order chi connectivity index (χ1) is 9.38. The second-order valence-electron chi connectivity index (χ2n) is 5.52. The lowest BCUT2D eigenvalue weighted by molar-refractivity contribution is 0.0947. The normalized spacial score (nSPS) is 13.3. The first kappa shape index (κ1) is 14.7. The Hall–Kier alpha value is -1.69. The number of aromatic nitrogens is 2. The van der Waals surface area contributed by atoms with Crippen molar-refractivity contribution in [2.24, 2.45) is 0 Å². The van der Waals surface area contributed by atoms with Gasteiger partial charge in [-0.3, -0.25) is 9.00 Å². The standard InChI is InChI=1S/C14H19N3O2S/c1-14(2,3)20(19)9-8-15-13(18)12-16-10-6-4-5-7-11(10)17-12/h4-7H,8-9H2,1-3H3,(H,15,18)(H,16,17)/t20-/m0/s1. The fourth-order valence-electron chi connectivity index (χ4n) is 1.71. The summed E-state index contributed by atoms with van der Waals surface area (Å²) in [5.41, 5.74) is 1.59. The van der Waals surface area contributed by atoms with Crippen LogP contribution in [0.3, 0.4) is 0 Å². The average molecular weight is 293 g/mol. The van der Waals surface area contributed by atoms with E-state index < -0.39 is 10.8 Å². The van der Waals surface area contributed by atoms with Crippen LogP contribution in [0.2, 0.25) is 0 Å². The fourth-order valence-corrected chi connectivity index (χ4v) is 2.61. The minimum absolute atomic E-state index is 0.260. The fraction of sp³-hybridized carbons (Fsp3) is 0.429. The molecular weight excluding hydrogens is 274 g/mol. The van der Waals surface area contributed by atoms with Gasteiger partial charge in [-0.15, -0.1) is 0 Å². The maximum absolute atomic E-state index is 11.9. The molecule has 20 heavy (non-hydrogen) atoms. The number of hydrogen-bond donors (Lipinski definition) is 2. The van der Waals surface area contributed by atoms with E-state index in [-0.39, 0.29) is 16.5 Å². The zero-order valence-electron chi connectivity index (χ0n) is 11.9. The Kier molecular flexibility index (Phi) is 4.23. The van der Waals surface area contributed by atoms with Crippen LogP contribution in [0.5, 0.6) is 0 Å². The monoisotopic (exact) mass is 293 g/mol. The van der Waals surface area contributed by atoms with E-state index in [9.17, 15) is 9.00 Å². The summed E-state index contributed by atoms with van der Waals surface area (Å²) in [5.74, 6) is 0.454. The van der Waals surface area contributed by atoms with Crippen LogP contribution in [0, 0.1) is 0 Å². The van der Waals surface area contributed by atoms with Crippen LogP contribution in [0.1, 0.15) is 31.4 Å². The molecule has 0 aliphatic rings. The summed E-state index contributed by atoms with van der Waals surface area (Å²) in [6.45, 7) is 6.14. The van der Waals surface area contributed by atoms with Gasteiger partial charge in [-0.1, -0.05) is 12.1 Å². The molecular formula is C14H19N3O2S. The van der Waals surface area contributed by atoms with Crippen LogP contribution in [0.25, 0.3) is 11.0 Å². The summed E-state index contributed by atoms with van der Waals surface area (Å²) in [6, 6.07) is 7.47. The van der Waals surface area contributed by atoms with Crippen molar-refractivity contribution in [2.75, 3.05) is 12.3 Å². The maximum Gasteiger partial charge on any atom is 0.287 e. The number of amides is 1. The van der Waals surface area contributed by atoms with Gasteiger partial charge in [-0.2, -0.15) is 0 Å². The van der Waals surface area contributed by atoms with Gasteiger partial charge in [0.2, 0.25) is 0 Å². The molecule has 2 N–H and O–H groups in total. The predicted octanol–water partition coefficient (Wildman–Crippen LogP) is 1.84. The van der Waals surface area contributed by atoms with Crippen LogP contribution in [0.15, 0.2) is 24.3 Å². The van der Waals surface area contributed by atoms with E-state index >= 15 is 0 Å². The van der Waals surface area contributed by atoms with Gasteiger partial charge >= 0.3 is 0 Å². The SMILES string of the molecule is CC(C)(C)[S@@](=O)CCNC(=O)c1nc2ccccc2[nH]1. The van der Waals surface area contributed by atoms with Crippen molar-refractivity contribution in [1.82, 2.24) is 15.3 Å². The molecule has 108 valence electrons. The molecule has 6 heteroatoms. The van der Waals surface area contributed by atoms with Crippen molar-refractivity contribution < 1.29 is 9.00 Å². The van der Waals surface area contributed by atoms with Gasteiger partial charge in [-0.05, 0) is 32.9 Å². The van der Waals surface area contributed by atoms with E-state index in [0.717, 1.165) is 11.0 Å². The molecule has 1 amide bonds. The Morgan fingerprint density at radius 3 is 2.70 bits per heavy atom. The van der Waals surface area contributed by atoms with E-state index in [4.69, 9.17) is 0 Å². The summed E-state index contributed by atoms with van der Waals surface area (Å²) in [5, 5.41) is 2.74. The molecule has 2 rings (SSSR count). The Labute approximate surface area is 120 Å². The van der Waals surface area contributed by atoms with Gasteiger partial charge in [0.25, 0.3) is 5.91 Å². The number of hydrogen-bond acceptors (Lipinski definition) is 3. The molecule has 1 heterocycles. The zero-order valence-corrected chi connectivity index (χ0v) is 12.7. The summed E-state index contributed by atoms with van der Waals surface area (Å²) in [7, 11) is -0.970. The Balaban J connectivity index is 1.94. The van der Waals surface area contributed by atoms with Gasteiger partial charge in [0.15, 0.2) is 5.82 Å². The third kappa shape index (κ3) is 3.45. The maximum atomic E-state index is 11.9. The molecule has 1 aromatic heterocycles. The highest BCUT2D eigenvalue weighted by Crippen LogP contribution is 2.11. The molecule has 0 aliphatic carbocycles. The highest BCUT2D eigenvalue weighted by atomic mass is 32.2. The third-order valence-corrected chi connectivity index (χ3v) is 4.80. The van der Waals surface area contributed by atoms with E-state index in [1.54, 1.807) is 0 Å². The first-order valence-electron chi connectivity index (χ1n) is 6.49. The number of para-hydroxylation sites is 2. The number of nitrogens with one attached hydrogen (secondary N) is 2. The van der Waals surface area contributed by atoms with Crippen molar-refractivity contribution in [3.8, 4) is 0 Å². The highest BCUT2D eigenvalue weighted by Gasteiger charge is 2.19. The Bertz CT molecular complexity index is 610. The van der Waals surface area contributed by atoms with E-state index in [1.165, 1.54) is 0 Å². The summed E-state index contributed by atoms with van der Waals surface area (Å²) < 4.78 is 11.6. The number of fused-ring (bicyclic) bond motifs is 1. The van der Waals surface area contributed by atoms with Crippen LogP contribution in [-0.2, 0) is 10.8 Å². The van der Waals surface area contributed by atoms with Crippen molar-refractivity contribution in [2.45, 2.75) is 25.5 Å². The zero-order chi connectivity index (χ0) is 14.8. The average Bonchev–Trinajstić information content (AvgIpc) is 2.81. The quantitative estimate of drug-likeness (QED) is 0.903. The van der Waals surface area contributed by atoms with E-state index in [0.29, 0.717) is 12.3 Å². The van der Waals surface area contributed by atoms with Crippen LogP contribution in [0.4, 0.5) is 0 Å². The van der Waals surface area contributed by atoms with Crippen LogP contribution < -0.4 is 5.32 Å². The summed E-state index contributed by atoms with van der Waals surface area (Å²) in [4.78, 5) is 19.1. The van der Waals surface area contributed by atoms with Crippen molar-refractivity contribution in [1.29, 1.82) is 0 Å². The van der Waals surface area contributed by atoms with Gasteiger partial charge < -0.3 is 10.3 Å². The molecule has 0 saturated heterocycles. The smallest absolute Gasteiger partial charge is 0.287 e. The van der Waals surface area contributed by atoms with Crippen molar-refractivity contribution in [3.05, 3.63) is 30.1 Å². The van der Waals surface area contributed by atoms with Crippen molar-refractivity contribution >= 4 is 27.7 Å². The molecule has 5 nitrogen and oxygen atoms in total. The Morgan fingerprint density at radius 1 is 1.35 bits per heavy atom. The summed E-state index contributed by atoms with van der Waals surface area (Å²) in [6.07, 6.45) is 0. The predicted molar refractivity (Wildman–Crippen MR) is 81.2 cm³/mol. The molecule has 0 aliphatic heterocycles. The van der Waals surface area contributed by atoms with Crippen molar-refractivity contribution in [3.63, 3.8) is 0 Å². The lowest BCUT2D eigenvalue weighted by atomic mass is 10.3. The first-order valence-corrected chi connectivity index (χ1v) is 7.81. The van der Waals surface area contributed by atoms with Crippen LogP contribution in [-0.4, -0.2) is 37.1 Å². The number of imidazole rings is 1. The van der Waals surface area contributed by atoms with Gasteiger partial charge in [0.05, 0.1) is 11.0 Å².